The van der Waals surface area contributed by atoms with E-state index < -0.39 is 18.0 Å². The van der Waals surface area contributed by atoms with Crippen LogP contribution < -0.4 is 14.8 Å². The molecular weight excluding hydrogens is 326 g/mol. The number of carbonyl (C=O) groups is 2. The maximum atomic E-state index is 12.2. The van der Waals surface area contributed by atoms with Crippen molar-refractivity contribution in [2.75, 3.05) is 19.5 Å². The van der Waals surface area contributed by atoms with Gasteiger partial charge in [0.2, 0.25) is 0 Å². The summed E-state index contributed by atoms with van der Waals surface area (Å²) in [5, 5.41) is 11.9. The fourth-order valence-electron chi connectivity index (χ4n) is 2.04. The molecular formula is C18H19NO6. The summed E-state index contributed by atoms with van der Waals surface area (Å²) < 4.78 is 15.4. The zero-order valence-electron chi connectivity index (χ0n) is 14.1. The molecule has 0 aliphatic rings. The Morgan fingerprint density at radius 2 is 1.64 bits per heavy atom. The van der Waals surface area contributed by atoms with Crippen molar-refractivity contribution in [3.8, 4) is 17.2 Å². The quantitative estimate of drug-likeness (QED) is 0.782. The van der Waals surface area contributed by atoms with E-state index in [0.29, 0.717) is 17.2 Å². The SMILES string of the molecule is COc1ccc(NC(=O)C(C)OC(=O)c2ccc(O)cc2)cc1OC. The molecule has 0 spiro atoms. The van der Waals surface area contributed by atoms with Crippen LogP contribution in [0.15, 0.2) is 42.5 Å². The number of ether oxygens (including phenoxy) is 3. The summed E-state index contributed by atoms with van der Waals surface area (Å²) >= 11 is 0. The van der Waals surface area contributed by atoms with Crippen molar-refractivity contribution in [1.29, 1.82) is 0 Å². The summed E-state index contributed by atoms with van der Waals surface area (Å²) in [7, 11) is 3.01. The number of carbonyl (C=O) groups excluding carboxylic acids is 2. The van der Waals surface area contributed by atoms with E-state index in [9.17, 15) is 14.7 Å². The van der Waals surface area contributed by atoms with E-state index >= 15 is 0 Å². The molecule has 0 saturated carbocycles. The van der Waals surface area contributed by atoms with Crippen LogP contribution in [0, 0.1) is 0 Å². The normalized spacial score (nSPS) is 11.3. The van der Waals surface area contributed by atoms with Gasteiger partial charge in [-0.2, -0.15) is 0 Å². The molecule has 132 valence electrons. The number of rotatable bonds is 6. The van der Waals surface area contributed by atoms with Gasteiger partial charge in [-0.05, 0) is 43.3 Å². The molecule has 7 heteroatoms. The Hall–Kier alpha value is -3.22. The first-order valence-corrected chi connectivity index (χ1v) is 7.47. The fraction of sp³-hybridized carbons (Fsp3) is 0.222. The summed E-state index contributed by atoms with van der Waals surface area (Å²) in [5.74, 6) is -0.105. The first-order chi connectivity index (χ1) is 11.9. The first-order valence-electron chi connectivity index (χ1n) is 7.47. The molecule has 0 saturated heterocycles. The number of phenolic OH excluding ortho intramolecular Hbond substituents is 1. The lowest BCUT2D eigenvalue weighted by Crippen LogP contribution is -2.30. The van der Waals surface area contributed by atoms with E-state index in [1.165, 1.54) is 45.4 Å². The lowest BCUT2D eigenvalue weighted by Gasteiger charge is -2.15. The third kappa shape index (κ3) is 4.63. The summed E-state index contributed by atoms with van der Waals surface area (Å²) in [5.41, 5.74) is 0.721. The summed E-state index contributed by atoms with van der Waals surface area (Å²) in [4.78, 5) is 24.2. The Labute approximate surface area is 145 Å². The molecule has 1 atom stereocenters. The number of methoxy groups -OCH3 is 2. The zero-order chi connectivity index (χ0) is 18.4. The predicted octanol–water partition coefficient (Wildman–Crippen LogP) is 2.59. The van der Waals surface area contributed by atoms with Crippen LogP contribution in [0.2, 0.25) is 0 Å². The van der Waals surface area contributed by atoms with Crippen LogP contribution in [0.1, 0.15) is 17.3 Å². The van der Waals surface area contributed by atoms with Crippen molar-refractivity contribution in [3.63, 3.8) is 0 Å². The van der Waals surface area contributed by atoms with Crippen molar-refractivity contribution in [2.45, 2.75) is 13.0 Å². The molecule has 0 aromatic heterocycles. The molecule has 2 aromatic rings. The third-order valence-electron chi connectivity index (χ3n) is 3.41. The fourth-order valence-corrected chi connectivity index (χ4v) is 2.04. The number of anilines is 1. The van der Waals surface area contributed by atoms with Crippen LogP contribution in [-0.2, 0) is 9.53 Å². The monoisotopic (exact) mass is 345 g/mol. The summed E-state index contributed by atoms with van der Waals surface area (Å²) in [6.45, 7) is 1.47. The van der Waals surface area contributed by atoms with Gasteiger partial charge in [-0.25, -0.2) is 4.79 Å². The molecule has 0 aliphatic heterocycles. The molecule has 7 nitrogen and oxygen atoms in total. The number of hydrogen-bond donors (Lipinski definition) is 2. The van der Waals surface area contributed by atoms with Crippen LogP contribution in [0.25, 0.3) is 0 Å². The Kier molecular flexibility index (Phi) is 5.84. The van der Waals surface area contributed by atoms with Gasteiger partial charge in [0, 0.05) is 11.8 Å². The second-order valence-electron chi connectivity index (χ2n) is 5.15. The van der Waals surface area contributed by atoms with E-state index in [1.54, 1.807) is 18.2 Å². The molecule has 25 heavy (non-hydrogen) atoms. The maximum Gasteiger partial charge on any atom is 0.338 e. The van der Waals surface area contributed by atoms with Crippen LogP contribution in [0.3, 0.4) is 0 Å². The van der Waals surface area contributed by atoms with Crippen molar-refractivity contribution < 1.29 is 28.9 Å². The molecule has 1 amide bonds. The Bertz CT molecular complexity index is 757. The standard InChI is InChI=1S/C18H19NO6/c1-11(25-18(22)12-4-7-14(20)8-5-12)17(21)19-13-6-9-15(23-2)16(10-13)24-3/h4-11,20H,1-3H3,(H,19,21). The highest BCUT2D eigenvalue weighted by atomic mass is 16.5. The molecule has 2 aromatic carbocycles. The second kappa shape index (κ2) is 8.05. The minimum atomic E-state index is -1.01. The van der Waals surface area contributed by atoms with Crippen molar-refractivity contribution in [2.24, 2.45) is 0 Å². The number of hydrogen-bond acceptors (Lipinski definition) is 6. The number of phenols is 1. The van der Waals surface area contributed by atoms with Gasteiger partial charge in [-0.1, -0.05) is 0 Å². The maximum absolute atomic E-state index is 12.2. The highest BCUT2D eigenvalue weighted by Crippen LogP contribution is 2.29. The number of aromatic hydroxyl groups is 1. The summed E-state index contributed by atoms with van der Waals surface area (Å²) in [6.07, 6.45) is -1.01. The smallest absolute Gasteiger partial charge is 0.338 e. The highest BCUT2D eigenvalue weighted by Gasteiger charge is 2.19. The molecule has 0 heterocycles. The molecule has 1 unspecified atom stereocenters. The molecule has 2 rings (SSSR count). The van der Waals surface area contributed by atoms with Gasteiger partial charge in [0.25, 0.3) is 5.91 Å². The number of benzene rings is 2. The first kappa shape index (κ1) is 18.1. The van der Waals surface area contributed by atoms with E-state index in [4.69, 9.17) is 14.2 Å². The largest absolute Gasteiger partial charge is 0.508 e. The Morgan fingerprint density at radius 1 is 1.00 bits per heavy atom. The van der Waals surface area contributed by atoms with E-state index in [-0.39, 0.29) is 11.3 Å². The van der Waals surface area contributed by atoms with E-state index in [1.807, 2.05) is 0 Å². The van der Waals surface area contributed by atoms with Crippen LogP contribution in [-0.4, -0.2) is 37.3 Å². The van der Waals surface area contributed by atoms with Gasteiger partial charge < -0.3 is 24.6 Å². The highest BCUT2D eigenvalue weighted by molar-refractivity contribution is 5.97. The minimum Gasteiger partial charge on any atom is -0.508 e. The zero-order valence-corrected chi connectivity index (χ0v) is 14.1. The Balaban J connectivity index is 2.00. The molecule has 0 aliphatic carbocycles. The van der Waals surface area contributed by atoms with Crippen molar-refractivity contribution in [1.82, 2.24) is 0 Å². The average molecular weight is 345 g/mol. The molecule has 2 N–H and O–H groups in total. The molecule has 0 radical (unpaired) electrons. The summed E-state index contributed by atoms with van der Waals surface area (Å²) in [6, 6.07) is 10.5. The minimum absolute atomic E-state index is 0.0378. The van der Waals surface area contributed by atoms with Gasteiger partial charge in [0.1, 0.15) is 5.75 Å². The van der Waals surface area contributed by atoms with Gasteiger partial charge in [0.15, 0.2) is 17.6 Å². The van der Waals surface area contributed by atoms with Crippen LogP contribution >= 0.6 is 0 Å². The predicted molar refractivity (Wildman–Crippen MR) is 91.2 cm³/mol. The molecule has 0 fully saturated rings. The van der Waals surface area contributed by atoms with Gasteiger partial charge in [-0.3, -0.25) is 4.79 Å². The third-order valence-corrected chi connectivity index (χ3v) is 3.41. The Morgan fingerprint density at radius 3 is 2.24 bits per heavy atom. The number of amides is 1. The lowest BCUT2D eigenvalue weighted by atomic mass is 10.2. The average Bonchev–Trinajstić information content (AvgIpc) is 2.61. The van der Waals surface area contributed by atoms with E-state index in [2.05, 4.69) is 5.32 Å². The topological polar surface area (TPSA) is 94.1 Å². The van der Waals surface area contributed by atoms with Crippen molar-refractivity contribution in [3.05, 3.63) is 48.0 Å². The number of nitrogens with one attached hydrogen (secondary N) is 1. The van der Waals surface area contributed by atoms with Gasteiger partial charge in [-0.15, -0.1) is 0 Å². The van der Waals surface area contributed by atoms with Crippen LogP contribution in [0.4, 0.5) is 5.69 Å². The van der Waals surface area contributed by atoms with Crippen LogP contribution in [0.5, 0.6) is 17.2 Å². The van der Waals surface area contributed by atoms with Gasteiger partial charge in [0.05, 0.1) is 19.8 Å². The van der Waals surface area contributed by atoms with E-state index in [0.717, 1.165) is 0 Å². The lowest BCUT2D eigenvalue weighted by molar-refractivity contribution is -0.123. The van der Waals surface area contributed by atoms with Gasteiger partial charge >= 0.3 is 5.97 Å². The molecule has 0 bridgehead atoms. The number of esters is 1. The van der Waals surface area contributed by atoms with Crippen molar-refractivity contribution >= 4 is 17.6 Å². The second-order valence-corrected chi connectivity index (χ2v) is 5.15.